The van der Waals surface area contributed by atoms with Gasteiger partial charge in [0.25, 0.3) is 0 Å². The fourth-order valence-electron chi connectivity index (χ4n) is 2.35. The largest absolute Gasteiger partial charge is 0.402 e. The van der Waals surface area contributed by atoms with E-state index in [1.54, 1.807) is 0 Å². The molecule has 0 amide bonds. The van der Waals surface area contributed by atoms with Crippen LogP contribution in [0.1, 0.15) is 27.7 Å². The molecule has 2 heteroatoms. The summed E-state index contributed by atoms with van der Waals surface area (Å²) in [7, 11) is 0. The van der Waals surface area contributed by atoms with Crippen LogP contribution in [-0.2, 0) is 0 Å². The lowest BCUT2D eigenvalue weighted by molar-refractivity contribution is 0.202. The normalized spacial score (nSPS) is 34.5. The summed E-state index contributed by atoms with van der Waals surface area (Å²) in [5.41, 5.74) is 12.8. The van der Waals surface area contributed by atoms with Crippen molar-refractivity contribution >= 4 is 0 Å². The van der Waals surface area contributed by atoms with Gasteiger partial charge in [0, 0.05) is 17.2 Å². The van der Waals surface area contributed by atoms with Gasteiger partial charge in [-0.2, -0.15) is 0 Å². The van der Waals surface area contributed by atoms with Crippen molar-refractivity contribution in [2.75, 3.05) is 0 Å². The monoisotopic (exact) mass is 180 g/mol. The molecule has 0 aromatic rings. The highest BCUT2D eigenvalue weighted by molar-refractivity contribution is 5.29. The second-order valence-electron chi connectivity index (χ2n) is 5.19. The summed E-state index contributed by atoms with van der Waals surface area (Å²) in [6.45, 7) is 8.53. The zero-order valence-corrected chi connectivity index (χ0v) is 8.96. The van der Waals surface area contributed by atoms with Crippen molar-refractivity contribution in [3.63, 3.8) is 0 Å². The minimum atomic E-state index is -0.322. The van der Waals surface area contributed by atoms with Crippen LogP contribution in [0.4, 0.5) is 0 Å². The summed E-state index contributed by atoms with van der Waals surface area (Å²) in [6, 6.07) is 0. The molecule has 0 heterocycles. The molecule has 13 heavy (non-hydrogen) atoms. The van der Waals surface area contributed by atoms with E-state index in [-0.39, 0.29) is 16.9 Å². The number of hydrogen-bond acceptors (Lipinski definition) is 2. The molecule has 0 aliphatic heterocycles. The molecule has 0 saturated heterocycles. The smallest absolute Gasteiger partial charge is 0.0402 e. The molecule has 0 aromatic carbocycles. The lowest BCUT2D eigenvalue weighted by Crippen LogP contribution is -2.51. The van der Waals surface area contributed by atoms with Gasteiger partial charge in [-0.15, -0.1) is 0 Å². The van der Waals surface area contributed by atoms with Gasteiger partial charge in [-0.3, -0.25) is 0 Å². The van der Waals surface area contributed by atoms with E-state index in [1.807, 2.05) is 25.2 Å². The zero-order chi connectivity index (χ0) is 10.3. The first-order valence-electron chi connectivity index (χ1n) is 4.69. The Morgan fingerprint density at radius 1 is 1.38 bits per heavy atom. The van der Waals surface area contributed by atoms with Gasteiger partial charge in [-0.05, 0) is 18.4 Å². The average molecular weight is 180 g/mol. The summed E-state index contributed by atoms with van der Waals surface area (Å²) >= 11 is 0. The first kappa shape index (κ1) is 10.3. The maximum Gasteiger partial charge on any atom is 0.0402 e. The molecular formula is C11H20N2. The van der Waals surface area contributed by atoms with E-state index < -0.39 is 0 Å². The molecule has 1 aliphatic rings. The van der Waals surface area contributed by atoms with Gasteiger partial charge in [0.15, 0.2) is 0 Å². The first-order chi connectivity index (χ1) is 5.75. The Kier molecular flexibility index (Phi) is 2.28. The maximum atomic E-state index is 6.19. The minimum absolute atomic E-state index is 0.106. The summed E-state index contributed by atoms with van der Waals surface area (Å²) < 4.78 is 0. The van der Waals surface area contributed by atoms with Crippen LogP contribution in [0, 0.1) is 11.3 Å². The predicted octanol–water partition coefficient (Wildman–Crippen LogP) is 1.78. The lowest BCUT2D eigenvalue weighted by Gasteiger charge is -2.42. The van der Waals surface area contributed by atoms with E-state index in [1.165, 1.54) is 0 Å². The van der Waals surface area contributed by atoms with E-state index in [0.29, 0.717) is 0 Å². The second kappa shape index (κ2) is 2.88. The van der Waals surface area contributed by atoms with Crippen molar-refractivity contribution in [2.45, 2.75) is 33.2 Å². The molecule has 74 valence electrons. The highest BCUT2D eigenvalue weighted by atomic mass is 14.8. The SMILES string of the molecule is CC(C)(C)C1C(N)=CC=CC1(C)N. The minimum Gasteiger partial charge on any atom is -0.402 e. The molecule has 2 atom stereocenters. The predicted molar refractivity (Wildman–Crippen MR) is 56.9 cm³/mol. The molecule has 0 bridgehead atoms. The van der Waals surface area contributed by atoms with Gasteiger partial charge in [0.2, 0.25) is 0 Å². The Labute approximate surface area is 80.7 Å². The molecule has 2 nitrogen and oxygen atoms in total. The van der Waals surface area contributed by atoms with Crippen LogP contribution in [0.5, 0.6) is 0 Å². The Balaban J connectivity index is 3.07. The van der Waals surface area contributed by atoms with Gasteiger partial charge in [-0.25, -0.2) is 0 Å². The second-order valence-corrected chi connectivity index (χ2v) is 5.19. The fraction of sp³-hybridized carbons (Fsp3) is 0.636. The van der Waals surface area contributed by atoms with Gasteiger partial charge in [0.05, 0.1) is 0 Å². The van der Waals surface area contributed by atoms with Crippen LogP contribution in [0.25, 0.3) is 0 Å². The Morgan fingerprint density at radius 2 is 1.92 bits per heavy atom. The van der Waals surface area contributed by atoms with E-state index in [2.05, 4.69) is 20.8 Å². The summed E-state index contributed by atoms with van der Waals surface area (Å²) in [6.07, 6.45) is 5.92. The van der Waals surface area contributed by atoms with Crippen molar-refractivity contribution in [3.05, 3.63) is 23.9 Å². The molecule has 4 N–H and O–H groups in total. The van der Waals surface area contributed by atoms with Crippen LogP contribution < -0.4 is 11.5 Å². The maximum absolute atomic E-state index is 6.19. The summed E-state index contributed by atoms with van der Waals surface area (Å²) in [5.74, 6) is 0.213. The van der Waals surface area contributed by atoms with Crippen LogP contribution in [0.3, 0.4) is 0 Å². The van der Waals surface area contributed by atoms with E-state index in [4.69, 9.17) is 11.5 Å². The number of nitrogens with two attached hydrogens (primary N) is 2. The highest BCUT2D eigenvalue weighted by Crippen LogP contribution is 2.39. The summed E-state index contributed by atoms with van der Waals surface area (Å²) in [5, 5.41) is 0. The van der Waals surface area contributed by atoms with E-state index in [9.17, 15) is 0 Å². The average Bonchev–Trinajstić information content (AvgIpc) is 1.79. The van der Waals surface area contributed by atoms with E-state index in [0.717, 1.165) is 5.70 Å². The topological polar surface area (TPSA) is 52.0 Å². The third kappa shape index (κ3) is 1.94. The van der Waals surface area contributed by atoms with Crippen molar-refractivity contribution in [1.82, 2.24) is 0 Å². The van der Waals surface area contributed by atoms with Gasteiger partial charge < -0.3 is 11.5 Å². The van der Waals surface area contributed by atoms with Gasteiger partial charge in [-0.1, -0.05) is 32.9 Å². The molecule has 1 rings (SSSR count). The Morgan fingerprint density at radius 3 is 2.23 bits per heavy atom. The number of rotatable bonds is 0. The molecule has 0 spiro atoms. The Hall–Kier alpha value is -0.760. The standard InChI is InChI=1S/C11H20N2/c1-10(2,3)9-8(12)6-5-7-11(9,4)13/h5-7,9H,12-13H2,1-4H3. The molecule has 1 aliphatic carbocycles. The third-order valence-electron chi connectivity index (χ3n) is 2.57. The van der Waals surface area contributed by atoms with Crippen LogP contribution in [0.15, 0.2) is 23.9 Å². The van der Waals surface area contributed by atoms with E-state index >= 15 is 0 Å². The van der Waals surface area contributed by atoms with Gasteiger partial charge in [0.1, 0.15) is 0 Å². The summed E-state index contributed by atoms with van der Waals surface area (Å²) in [4.78, 5) is 0. The molecule has 0 aromatic heterocycles. The van der Waals surface area contributed by atoms with Crippen LogP contribution in [0.2, 0.25) is 0 Å². The molecule has 2 unspecified atom stereocenters. The number of allylic oxidation sites excluding steroid dienone is 2. The van der Waals surface area contributed by atoms with Crippen LogP contribution >= 0.6 is 0 Å². The quantitative estimate of drug-likeness (QED) is 0.597. The molecular weight excluding hydrogens is 160 g/mol. The zero-order valence-electron chi connectivity index (χ0n) is 8.96. The molecule has 0 saturated carbocycles. The molecule has 0 fully saturated rings. The third-order valence-corrected chi connectivity index (χ3v) is 2.57. The van der Waals surface area contributed by atoms with Crippen molar-refractivity contribution in [1.29, 1.82) is 0 Å². The first-order valence-corrected chi connectivity index (χ1v) is 4.69. The van der Waals surface area contributed by atoms with Crippen molar-refractivity contribution in [3.8, 4) is 0 Å². The van der Waals surface area contributed by atoms with Crippen molar-refractivity contribution in [2.24, 2.45) is 22.8 Å². The fourth-order valence-corrected chi connectivity index (χ4v) is 2.35. The van der Waals surface area contributed by atoms with Crippen LogP contribution in [-0.4, -0.2) is 5.54 Å². The van der Waals surface area contributed by atoms with Crippen molar-refractivity contribution < 1.29 is 0 Å². The highest BCUT2D eigenvalue weighted by Gasteiger charge is 2.39. The lowest BCUT2D eigenvalue weighted by atomic mass is 9.66. The molecule has 0 radical (unpaired) electrons. The number of hydrogen-bond donors (Lipinski definition) is 2. The Bertz CT molecular complexity index is 254. The van der Waals surface area contributed by atoms with Gasteiger partial charge >= 0.3 is 0 Å².